The van der Waals surface area contributed by atoms with Crippen molar-refractivity contribution in [1.82, 2.24) is 14.9 Å². The highest BCUT2D eigenvalue weighted by molar-refractivity contribution is 5.87. The Labute approximate surface area is 262 Å². The van der Waals surface area contributed by atoms with Crippen LogP contribution in [-0.4, -0.2) is 47.4 Å². The third-order valence-electron chi connectivity index (χ3n) is 10.8. The number of piperidine rings is 1. The van der Waals surface area contributed by atoms with Crippen molar-refractivity contribution < 1.29 is 22.7 Å². The number of aldehydes is 1. The predicted molar refractivity (Wildman–Crippen MR) is 168 cm³/mol. The van der Waals surface area contributed by atoms with Crippen LogP contribution < -0.4 is 15.4 Å². The number of hydrogen-bond donors (Lipinski definition) is 2. The number of nitrogens with zero attached hydrogens (tertiary/aromatic N) is 3. The molecule has 2 aromatic carbocycles. The molecule has 0 spiro atoms. The first kappa shape index (κ1) is 30.0. The number of carbonyl (C=O) groups is 1. The van der Waals surface area contributed by atoms with Crippen molar-refractivity contribution in [2.24, 2.45) is 23.7 Å². The lowest BCUT2D eigenvalue weighted by Gasteiger charge is -2.58. The normalized spacial score (nSPS) is 26.6. The number of rotatable bonds is 8. The van der Waals surface area contributed by atoms with E-state index in [4.69, 9.17) is 4.74 Å². The minimum absolute atomic E-state index is 0.0261. The first-order valence-electron chi connectivity index (χ1n) is 16.1. The summed E-state index contributed by atoms with van der Waals surface area (Å²) in [5.74, 6) is 4.31. The van der Waals surface area contributed by atoms with E-state index in [2.05, 4.69) is 31.6 Å². The smallest absolute Gasteiger partial charge is 0.421 e. The van der Waals surface area contributed by atoms with Gasteiger partial charge in [0.2, 0.25) is 5.95 Å². The number of methoxy groups -OCH3 is 1. The van der Waals surface area contributed by atoms with E-state index >= 15 is 0 Å². The molecular weight excluding hydrogens is 579 g/mol. The molecule has 7 nitrogen and oxygen atoms in total. The van der Waals surface area contributed by atoms with E-state index < -0.39 is 17.6 Å². The summed E-state index contributed by atoms with van der Waals surface area (Å²) < 4.78 is 47.4. The Morgan fingerprint density at radius 3 is 2.33 bits per heavy atom. The number of halogens is 3. The standard InChI is InChI=1S/C35H40F3N5O2/c1-20-4-3-5-25(19-44)31(20)41-33-28(35(36,37)38)18-39-34(42-33)40-29-7-6-24(17-30(29)45-2)23-8-10-43(11-9-23)32-26-13-21-12-22(15-26)16-27(32)14-21/h3-7,17-19,21-23,26-27,32H,8-16H2,1-2H3,(H2,39,40,41,42)/t21-,22?,26?,27?,32+. The minimum Gasteiger partial charge on any atom is -0.495 e. The van der Waals surface area contributed by atoms with Gasteiger partial charge in [-0.05, 0) is 124 Å². The summed E-state index contributed by atoms with van der Waals surface area (Å²) in [6.45, 7) is 3.96. The number of nitrogens with one attached hydrogen (secondary N) is 2. The summed E-state index contributed by atoms with van der Waals surface area (Å²) in [6.07, 6.45) is 6.10. The van der Waals surface area contributed by atoms with Crippen molar-refractivity contribution in [2.75, 3.05) is 30.8 Å². The molecule has 0 amide bonds. The van der Waals surface area contributed by atoms with Gasteiger partial charge in [0.1, 0.15) is 17.1 Å². The van der Waals surface area contributed by atoms with Crippen LogP contribution in [-0.2, 0) is 6.18 Å². The van der Waals surface area contributed by atoms with Gasteiger partial charge in [0, 0.05) is 17.8 Å². The number of aryl methyl sites for hydroxylation is 1. The van der Waals surface area contributed by atoms with Gasteiger partial charge in [0.15, 0.2) is 6.29 Å². The zero-order valence-corrected chi connectivity index (χ0v) is 25.7. The lowest BCUT2D eigenvalue weighted by Crippen LogP contribution is -2.57. The van der Waals surface area contributed by atoms with Crippen molar-refractivity contribution in [3.05, 3.63) is 64.8 Å². The highest BCUT2D eigenvalue weighted by atomic mass is 19.4. The summed E-state index contributed by atoms with van der Waals surface area (Å²) in [4.78, 5) is 22.5. The molecule has 0 radical (unpaired) electrons. The Morgan fingerprint density at radius 1 is 0.978 bits per heavy atom. The molecule has 0 atom stereocenters. The second-order valence-corrected chi connectivity index (χ2v) is 13.6. The van der Waals surface area contributed by atoms with Crippen LogP contribution in [0.2, 0.25) is 0 Å². The summed E-state index contributed by atoms with van der Waals surface area (Å²) in [6, 6.07) is 11.7. The van der Waals surface area contributed by atoms with Crippen LogP contribution in [0.3, 0.4) is 0 Å². The van der Waals surface area contributed by atoms with Crippen LogP contribution in [0.5, 0.6) is 5.75 Å². The number of ether oxygens (including phenoxy) is 1. The van der Waals surface area contributed by atoms with Gasteiger partial charge in [-0.2, -0.15) is 18.2 Å². The molecule has 1 aliphatic heterocycles. The fraction of sp³-hybridized carbons (Fsp3) is 0.514. The highest BCUT2D eigenvalue weighted by Crippen LogP contribution is 2.55. The quantitative estimate of drug-likeness (QED) is 0.247. The number of hydrogen-bond acceptors (Lipinski definition) is 7. The number of carbonyl (C=O) groups excluding carboxylic acids is 1. The van der Waals surface area contributed by atoms with Gasteiger partial charge < -0.3 is 15.4 Å². The fourth-order valence-corrected chi connectivity index (χ4v) is 9.03. The summed E-state index contributed by atoms with van der Waals surface area (Å²) in [7, 11) is 1.58. The lowest BCUT2D eigenvalue weighted by atomic mass is 9.53. The zero-order valence-electron chi connectivity index (χ0n) is 25.7. The Hall–Kier alpha value is -3.66. The maximum absolute atomic E-state index is 13.9. The monoisotopic (exact) mass is 619 g/mol. The topological polar surface area (TPSA) is 79.4 Å². The van der Waals surface area contributed by atoms with Crippen molar-refractivity contribution >= 4 is 29.4 Å². The lowest BCUT2D eigenvalue weighted by molar-refractivity contribution is -0.137. The first-order chi connectivity index (χ1) is 21.7. The molecule has 2 heterocycles. The number of aromatic nitrogens is 2. The van der Waals surface area contributed by atoms with E-state index in [-0.39, 0.29) is 17.2 Å². The SMILES string of the molecule is COc1cc(C2CCN([C@H]3C4CC5CC3C[C@H](C5)C4)CC2)ccc1Nc1ncc(C(F)(F)F)c(Nc2c(C)cccc2C=O)n1. The fourth-order valence-electron chi connectivity index (χ4n) is 9.03. The van der Waals surface area contributed by atoms with Gasteiger partial charge in [0.05, 0.1) is 18.5 Å². The summed E-state index contributed by atoms with van der Waals surface area (Å²) in [5.41, 5.74) is 1.84. The van der Waals surface area contributed by atoms with Gasteiger partial charge in [-0.15, -0.1) is 0 Å². The molecule has 238 valence electrons. The summed E-state index contributed by atoms with van der Waals surface area (Å²) >= 11 is 0. The number of alkyl halides is 3. The third-order valence-corrected chi connectivity index (χ3v) is 10.8. The average molecular weight is 620 g/mol. The maximum Gasteiger partial charge on any atom is 0.421 e. The molecule has 1 saturated heterocycles. The van der Waals surface area contributed by atoms with Crippen LogP contribution in [0, 0.1) is 30.6 Å². The maximum atomic E-state index is 13.9. The number of likely N-dealkylation sites (tertiary alicyclic amines) is 1. The van der Waals surface area contributed by atoms with Crippen LogP contribution in [0.15, 0.2) is 42.6 Å². The number of para-hydroxylation sites is 1. The van der Waals surface area contributed by atoms with Gasteiger partial charge in [-0.3, -0.25) is 9.69 Å². The highest BCUT2D eigenvalue weighted by Gasteiger charge is 2.50. The molecule has 5 aliphatic rings. The molecule has 8 rings (SSSR count). The Kier molecular flexibility index (Phi) is 7.96. The van der Waals surface area contributed by atoms with Gasteiger partial charge in [-0.1, -0.05) is 18.2 Å². The molecule has 10 heteroatoms. The van der Waals surface area contributed by atoms with Gasteiger partial charge >= 0.3 is 6.18 Å². The molecule has 5 fully saturated rings. The molecule has 4 saturated carbocycles. The molecule has 4 aliphatic carbocycles. The molecule has 2 N–H and O–H groups in total. The third kappa shape index (κ3) is 5.89. The van der Waals surface area contributed by atoms with Crippen molar-refractivity contribution in [1.29, 1.82) is 0 Å². The van der Waals surface area contributed by atoms with Gasteiger partial charge in [0.25, 0.3) is 0 Å². The molecule has 1 aromatic heterocycles. The molecule has 3 aromatic rings. The Balaban J connectivity index is 1.07. The van der Waals surface area contributed by atoms with Crippen molar-refractivity contribution in [3.63, 3.8) is 0 Å². The van der Waals surface area contributed by atoms with E-state index in [1.54, 1.807) is 26.2 Å². The first-order valence-corrected chi connectivity index (χ1v) is 16.1. The second kappa shape index (κ2) is 11.9. The van der Waals surface area contributed by atoms with E-state index in [0.29, 0.717) is 29.2 Å². The minimum atomic E-state index is -4.70. The van der Waals surface area contributed by atoms with E-state index in [0.717, 1.165) is 61.8 Å². The number of anilines is 4. The van der Waals surface area contributed by atoms with E-state index in [1.165, 1.54) is 43.7 Å². The molecular formula is C35H40F3N5O2. The van der Waals surface area contributed by atoms with Crippen molar-refractivity contribution in [3.8, 4) is 5.75 Å². The van der Waals surface area contributed by atoms with Crippen molar-refractivity contribution in [2.45, 2.75) is 70.0 Å². The van der Waals surface area contributed by atoms with Crippen LogP contribution in [0.25, 0.3) is 0 Å². The van der Waals surface area contributed by atoms with E-state index in [9.17, 15) is 18.0 Å². The van der Waals surface area contributed by atoms with E-state index in [1.807, 2.05) is 12.1 Å². The van der Waals surface area contributed by atoms with Crippen LogP contribution >= 0.6 is 0 Å². The number of benzene rings is 2. The zero-order chi connectivity index (χ0) is 31.3. The second-order valence-electron chi connectivity index (χ2n) is 13.6. The Morgan fingerprint density at radius 2 is 1.69 bits per heavy atom. The van der Waals surface area contributed by atoms with Crippen LogP contribution in [0.1, 0.15) is 77.9 Å². The molecule has 45 heavy (non-hydrogen) atoms. The van der Waals surface area contributed by atoms with Crippen LogP contribution in [0.4, 0.5) is 36.3 Å². The average Bonchev–Trinajstić information content (AvgIpc) is 3.01. The summed E-state index contributed by atoms with van der Waals surface area (Å²) in [5, 5.41) is 5.79. The molecule has 0 unspecified atom stereocenters. The van der Waals surface area contributed by atoms with Gasteiger partial charge in [-0.25, -0.2) is 4.98 Å². The molecule has 4 bridgehead atoms. The predicted octanol–water partition coefficient (Wildman–Crippen LogP) is 8.12. The Bertz CT molecular complexity index is 1540. The largest absolute Gasteiger partial charge is 0.495 e.